The first-order valence-electron chi connectivity index (χ1n) is 3.46. The molecule has 0 bridgehead atoms. The molecule has 1 heteroatoms. The Balaban J connectivity index is 2.30. The maximum atomic E-state index is 3.09. The lowest BCUT2D eigenvalue weighted by molar-refractivity contribution is 0.632. The smallest absolute Gasteiger partial charge is 0.0647 e. The second-order valence-corrected chi connectivity index (χ2v) is 2.18. The molecule has 0 saturated heterocycles. The zero-order chi connectivity index (χ0) is 6.53. The van der Waals surface area contributed by atoms with Gasteiger partial charge < -0.3 is 4.57 Å². The molecule has 0 saturated carbocycles. The highest BCUT2D eigenvalue weighted by Crippen LogP contribution is 1.93. The Labute approximate surface area is 56.3 Å². The normalized spacial score (nSPS) is 9.89. The summed E-state index contributed by atoms with van der Waals surface area (Å²) in [5.41, 5.74) is 0. The van der Waals surface area contributed by atoms with Crippen molar-refractivity contribution in [3.05, 3.63) is 24.5 Å². The van der Waals surface area contributed by atoms with Gasteiger partial charge in [0.2, 0.25) is 0 Å². The summed E-state index contributed by atoms with van der Waals surface area (Å²) < 4.78 is 2.09. The van der Waals surface area contributed by atoms with Gasteiger partial charge in [-0.15, -0.1) is 0 Å². The molecule has 0 fully saturated rings. The first-order valence-corrected chi connectivity index (χ1v) is 3.46. The van der Waals surface area contributed by atoms with Crippen LogP contribution >= 0.6 is 0 Å². The molecule has 0 aromatic carbocycles. The molecular weight excluding hydrogens is 110 g/mol. The molecule has 0 atom stereocenters. The number of rotatable bonds is 3. The van der Waals surface area contributed by atoms with Crippen LogP contribution < -0.4 is 0 Å². The predicted molar refractivity (Wildman–Crippen MR) is 38.2 cm³/mol. The van der Waals surface area contributed by atoms with Gasteiger partial charge in [0.05, 0.1) is 6.20 Å². The van der Waals surface area contributed by atoms with E-state index in [4.69, 9.17) is 0 Å². The molecule has 1 heterocycles. The summed E-state index contributed by atoms with van der Waals surface area (Å²) in [6, 6.07) is 3.95. The van der Waals surface area contributed by atoms with Crippen molar-refractivity contribution in [2.24, 2.45) is 0 Å². The third-order valence-electron chi connectivity index (χ3n) is 1.36. The fourth-order valence-corrected chi connectivity index (χ4v) is 0.796. The highest BCUT2D eigenvalue weighted by molar-refractivity contribution is 4.87. The lowest BCUT2D eigenvalue weighted by Gasteiger charge is -1.97. The van der Waals surface area contributed by atoms with E-state index >= 15 is 0 Å². The van der Waals surface area contributed by atoms with E-state index < -0.39 is 0 Å². The lowest BCUT2D eigenvalue weighted by Crippen LogP contribution is -1.92. The summed E-state index contributed by atoms with van der Waals surface area (Å²) >= 11 is 0. The van der Waals surface area contributed by atoms with Gasteiger partial charge in [-0.3, -0.25) is 0 Å². The van der Waals surface area contributed by atoms with Crippen LogP contribution in [0.4, 0.5) is 0 Å². The van der Waals surface area contributed by atoms with Crippen LogP contribution in [0, 0.1) is 6.20 Å². The van der Waals surface area contributed by atoms with E-state index in [2.05, 4.69) is 23.9 Å². The molecule has 1 rings (SSSR count). The van der Waals surface area contributed by atoms with Crippen LogP contribution in [0.3, 0.4) is 0 Å². The van der Waals surface area contributed by atoms with Crippen LogP contribution in [0.5, 0.6) is 0 Å². The largest absolute Gasteiger partial charge is 0.346 e. The Hall–Kier alpha value is -0.720. The molecule has 0 aliphatic rings. The summed E-state index contributed by atoms with van der Waals surface area (Å²) in [6.07, 6.45) is 7.65. The fourth-order valence-electron chi connectivity index (χ4n) is 0.796. The molecule has 0 amide bonds. The highest BCUT2D eigenvalue weighted by Gasteiger charge is 1.85. The van der Waals surface area contributed by atoms with Gasteiger partial charge in [0, 0.05) is 12.7 Å². The van der Waals surface area contributed by atoms with Crippen LogP contribution in [0.1, 0.15) is 19.8 Å². The van der Waals surface area contributed by atoms with E-state index in [-0.39, 0.29) is 0 Å². The van der Waals surface area contributed by atoms with Crippen molar-refractivity contribution in [1.29, 1.82) is 0 Å². The number of aryl methyl sites for hydroxylation is 1. The van der Waals surface area contributed by atoms with Crippen molar-refractivity contribution in [1.82, 2.24) is 4.57 Å². The van der Waals surface area contributed by atoms with Gasteiger partial charge in [0.25, 0.3) is 0 Å². The Morgan fingerprint density at radius 2 is 2.44 bits per heavy atom. The first-order chi connectivity index (χ1) is 4.43. The summed E-state index contributed by atoms with van der Waals surface area (Å²) in [5.74, 6) is 0. The van der Waals surface area contributed by atoms with Gasteiger partial charge in [-0.05, 0) is 18.6 Å². The molecule has 9 heavy (non-hydrogen) atoms. The van der Waals surface area contributed by atoms with Crippen LogP contribution in [-0.2, 0) is 6.54 Å². The molecule has 0 unspecified atom stereocenters. The van der Waals surface area contributed by atoms with Crippen LogP contribution in [0.2, 0.25) is 0 Å². The second-order valence-electron chi connectivity index (χ2n) is 2.18. The minimum Gasteiger partial charge on any atom is -0.346 e. The third kappa shape index (κ3) is 1.92. The summed E-state index contributed by atoms with van der Waals surface area (Å²) in [7, 11) is 0. The quantitative estimate of drug-likeness (QED) is 0.578. The molecule has 1 radical (unpaired) electrons. The second kappa shape index (κ2) is 3.33. The van der Waals surface area contributed by atoms with E-state index in [1.54, 1.807) is 0 Å². The Morgan fingerprint density at radius 1 is 1.56 bits per heavy atom. The van der Waals surface area contributed by atoms with E-state index in [1.807, 2.05) is 12.1 Å². The average molecular weight is 122 g/mol. The third-order valence-corrected chi connectivity index (χ3v) is 1.36. The minimum atomic E-state index is 1.11. The van der Waals surface area contributed by atoms with Crippen LogP contribution in [-0.4, -0.2) is 4.57 Å². The van der Waals surface area contributed by atoms with E-state index in [9.17, 15) is 0 Å². The molecule has 0 spiro atoms. The van der Waals surface area contributed by atoms with Crippen LogP contribution in [0.25, 0.3) is 0 Å². The minimum absolute atomic E-state index is 1.11. The van der Waals surface area contributed by atoms with E-state index in [0.717, 1.165) is 6.54 Å². The van der Waals surface area contributed by atoms with Crippen molar-refractivity contribution in [3.8, 4) is 0 Å². The maximum absolute atomic E-state index is 3.09. The van der Waals surface area contributed by atoms with Crippen LogP contribution in [0.15, 0.2) is 18.3 Å². The number of unbranched alkanes of at least 4 members (excludes halogenated alkanes) is 1. The van der Waals surface area contributed by atoms with Crippen molar-refractivity contribution >= 4 is 0 Å². The monoisotopic (exact) mass is 122 g/mol. The van der Waals surface area contributed by atoms with Gasteiger partial charge in [0.1, 0.15) is 0 Å². The Bertz CT molecular complexity index is 142. The summed E-state index contributed by atoms with van der Waals surface area (Å²) in [5, 5.41) is 0. The zero-order valence-electron chi connectivity index (χ0n) is 5.80. The molecule has 1 aromatic heterocycles. The number of hydrogen-bond donors (Lipinski definition) is 0. The maximum Gasteiger partial charge on any atom is 0.0647 e. The highest BCUT2D eigenvalue weighted by atomic mass is 14.9. The Kier molecular flexibility index (Phi) is 2.37. The predicted octanol–water partition coefficient (Wildman–Crippen LogP) is 2.09. The molecule has 0 aliphatic carbocycles. The summed E-state index contributed by atoms with van der Waals surface area (Å²) in [4.78, 5) is 0. The number of nitrogens with zero attached hydrogens (tertiary/aromatic N) is 1. The standard InChI is InChI=1S/C8H12N/c1-2-3-6-9-7-4-5-8-9/h4-5,7H,2-3,6H2,1H3. The Morgan fingerprint density at radius 3 is 3.00 bits per heavy atom. The average Bonchev–Trinajstić information content (AvgIpc) is 2.34. The number of hydrogen-bond acceptors (Lipinski definition) is 0. The molecule has 1 nitrogen and oxygen atoms in total. The van der Waals surface area contributed by atoms with Crippen molar-refractivity contribution < 1.29 is 0 Å². The van der Waals surface area contributed by atoms with Crippen molar-refractivity contribution in [3.63, 3.8) is 0 Å². The van der Waals surface area contributed by atoms with E-state index in [1.165, 1.54) is 12.8 Å². The lowest BCUT2D eigenvalue weighted by atomic mass is 10.3. The SMILES string of the molecule is CCCCn1[c]ccc1. The van der Waals surface area contributed by atoms with Gasteiger partial charge in [-0.1, -0.05) is 13.3 Å². The van der Waals surface area contributed by atoms with Gasteiger partial charge in [-0.25, -0.2) is 0 Å². The van der Waals surface area contributed by atoms with E-state index in [0.29, 0.717) is 0 Å². The molecule has 1 aromatic rings. The van der Waals surface area contributed by atoms with Crippen molar-refractivity contribution in [2.75, 3.05) is 0 Å². The number of aromatic nitrogens is 1. The zero-order valence-corrected chi connectivity index (χ0v) is 5.80. The van der Waals surface area contributed by atoms with Crippen molar-refractivity contribution in [2.45, 2.75) is 26.3 Å². The first kappa shape index (κ1) is 6.40. The van der Waals surface area contributed by atoms with Gasteiger partial charge in [0.15, 0.2) is 0 Å². The molecular formula is C8H12N. The fraction of sp³-hybridized carbons (Fsp3) is 0.500. The topological polar surface area (TPSA) is 4.93 Å². The van der Waals surface area contributed by atoms with Gasteiger partial charge in [-0.2, -0.15) is 0 Å². The molecule has 49 valence electrons. The van der Waals surface area contributed by atoms with Gasteiger partial charge >= 0.3 is 0 Å². The molecule has 0 aliphatic heterocycles. The summed E-state index contributed by atoms with van der Waals surface area (Å²) in [6.45, 7) is 3.31. The molecule has 0 N–H and O–H groups in total.